The van der Waals surface area contributed by atoms with Gasteiger partial charge in [-0.2, -0.15) is 4.31 Å². The van der Waals surface area contributed by atoms with E-state index in [4.69, 9.17) is 4.74 Å². The van der Waals surface area contributed by atoms with E-state index in [9.17, 15) is 13.2 Å². The van der Waals surface area contributed by atoms with Gasteiger partial charge in [-0.05, 0) is 44.2 Å². The van der Waals surface area contributed by atoms with Crippen LogP contribution in [0.5, 0.6) is 5.75 Å². The molecule has 2 aromatic rings. The van der Waals surface area contributed by atoms with Gasteiger partial charge in [0.2, 0.25) is 15.9 Å². The normalized spacial score (nSPS) is 15.6. The molecule has 0 spiro atoms. The zero-order valence-electron chi connectivity index (χ0n) is 16.2. The summed E-state index contributed by atoms with van der Waals surface area (Å²) in [6, 6.07) is 9.31. The third-order valence-corrected chi connectivity index (χ3v) is 8.74. The van der Waals surface area contributed by atoms with E-state index < -0.39 is 10.0 Å². The first-order chi connectivity index (χ1) is 13.3. The molecule has 0 aliphatic carbocycles. The molecule has 9 heteroatoms. The van der Waals surface area contributed by atoms with Gasteiger partial charge in [-0.25, -0.2) is 8.42 Å². The van der Waals surface area contributed by atoms with Crippen LogP contribution in [-0.2, 0) is 14.8 Å². The number of amides is 1. The highest BCUT2D eigenvalue weighted by Gasteiger charge is 2.31. The maximum atomic E-state index is 12.9. The molecule has 0 atom stereocenters. The van der Waals surface area contributed by atoms with Crippen molar-refractivity contribution >= 4 is 39.0 Å². The maximum absolute atomic E-state index is 12.9. The van der Waals surface area contributed by atoms with Gasteiger partial charge in [-0.15, -0.1) is 23.1 Å². The number of methoxy groups -OCH3 is 1. The Hall–Kier alpha value is -1.55. The van der Waals surface area contributed by atoms with E-state index in [0.717, 1.165) is 20.4 Å². The molecule has 0 N–H and O–H groups in total. The summed E-state index contributed by atoms with van der Waals surface area (Å²) in [4.78, 5) is 17.4. The number of benzene rings is 1. The number of hydrogen-bond donors (Lipinski definition) is 0. The second-order valence-corrected chi connectivity index (χ2v) is 10.9. The Bertz CT molecular complexity index is 931. The van der Waals surface area contributed by atoms with E-state index in [-0.39, 0.29) is 5.91 Å². The standard InChI is InChI=1S/C19H24N2O4S3/c1-14-12-18(15(2)27-14)28(23,24)21-10-8-20(9-11-21)19(22)13-26-17-6-4-16(25-3)5-7-17/h4-7,12H,8-11,13H2,1-3H3. The topological polar surface area (TPSA) is 66.9 Å². The van der Waals surface area contributed by atoms with Crippen molar-refractivity contribution in [1.82, 2.24) is 9.21 Å². The Labute approximate surface area is 174 Å². The van der Waals surface area contributed by atoms with Gasteiger partial charge >= 0.3 is 0 Å². The SMILES string of the molecule is COc1ccc(SCC(=O)N2CCN(S(=O)(=O)c3cc(C)sc3C)CC2)cc1. The summed E-state index contributed by atoms with van der Waals surface area (Å²) in [6.45, 7) is 5.24. The van der Waals surface area contributed by atoms with Crippen molar-refractivity contribution in [3.8, 4) is 5.75 Å². The van der Waals surface area contributed by atoms with Crippen molar-refractivity contribution in [2.45, 2.75) is 23.6 Å². The Morgan fingerprint density at radius 3 is 2.32 bits per heavy atom. The third kappa shape index (κ3) is 4.71. The van der Waals surface area contributed by atoms with Gasteiger partial charge in [-0.3, -0.25) is 4.79 Å². The number of aryl methyl sites for hydroxylation is 2. The fourth-order valence-corrected chi connectivity index (χ4v) is 6.84. The Balaban J connectivity index is 1.54. The molecule has 1 amide bonds. The predicted octanol–water partition coefficient (Wildman–Crippen LogP) is 3.00. The lowest BCUT2D eigenvalue weighted by Gasteiger charge is -2.34. The molecule has 1 aromatic carbocycles. The fraction of sp³-hybridized carbons (Fsp3) is 0.421. The van der Waals surface area contributed by atoms with Gasteiger partial charge in [0.1, 0.15) is 5.75 Å². The molecule has 28 heavy (non-hydrogen) atoms. The van der Waals surface area contributed by atoms with Crippen LogP contribution in [-0.4, -0.2) is 62.6 Å². The first kappa shape index (κ1) is 21.2. The molecule has 152 valence electrons. The van der Waals surface area contributed by atoms with E-state index in [2.05, 4.69) is 0 Å². The average Bonchev–Trinajstić information content (AvgIpc) is 3.05. The van der Waals surface area contributed by atoms with Gasteiger partial charge in [0, 0.05) is 40.8 Å². The summed E-state index contributed by atoms with van der Waals surface area (Å²) in [7, 11) is -1.88. The number of rotatable bonds is 6. The molecule has 1 aliphatic rings. The molecule has 6 nitrogen and oxygen atoms in total. The van der Waals surface area contributed by atoms with E-state index in [1.165, 1.54) is 27.4 Å². The molecule has 0 radical (unpaired) electrons. The maximum Gasteiger partial charge on any atom is 0.244 e. The molecule has 0 unspecified atom stereocenters. The van der Waals surface area contributed by atoms with Crippen LogP contribution >= 0.6 is 23.1 Å². The molecule has 1 saturated heterocycles. The number of hydrogen-bond acceptors (Lipinski definition) is 6. The van der Waals surface area contributed by atoms with Crippen LogP contribution in [0.15, 0.2) is 40.1 Å². The molecule has 0 saturated carbocycles. The summed E-state index contributed by atoms with van der Waals surface area (Å²) in [5, 5.41) is 0. The fourth-order valence-electron chi connectivity index (χ4n) is 3.09. The van der Waals surface area contributed by atoms with Gasteiger partial charge in [-0.1, -0.05) is 0 Å². The number of carbonyl (C=O) groups excluding carboxylic acids is 1. The largest absolute Gasteiger partial charge is 0.497 e. The number of piperazine rings is 1. The highest BCUT2D eigenvalue weighted by atomic mass is 32.2. The molecule has 3 rings (SSSR count). The number of thioether (sulfide) groups is 1. The third-order valence-electron chi connectivity index (χ3n) is 4.63. The smallest absolute Gasteiger partial charge is 0.244 e. The minimum atomic E-state index is -3.49. The molecular formula is C19H24N2O4S3. The van der Waals surface area contributed by atoms with Gasteiger partial charge in [0.05, 0.1) is 17.8 Å². The number of sulfonamides is 1. The Kier molecular flexibility index (Phi) is 6.69. The van der Waals surface area contributed by atoms with Crippen LogP contribution in [0.4, 0.5) is 0 Å². The number of ether oxygens (including phenoxy) is 1. The van der Waals surface area contributed by atoms with Crippen LogP contribution in [0.25, 0.3) is 0 Å². The summed E-state index contributed by atoms with van der Waals surface area (Å²) in [5.74, 6) is 1.14. The summed E-state index contributed by atoms with van der Waals surface area (Å²) in [5.41, 5.74) is 0. The van der Waals surface area contributed by atoms with Crippen LogP contribution < -0.4 is 4.74 Å². The van der Waals surface area contributed by atoms with Crippen molar-refractivity contribution in [2.24, 2.45) is 0 Å². The molecular weight excluding hydrogens is 416 g/mol. The lowest BCUT2D eigenvalue weighted by atomic mass is 10.3. The van der Waals surface area contributed by atoms with Gasteiger partial charge in [0.15, 0.2) is 0 Å². The monoisotopic (exact) mass is 440 g/mol. The van der Waals surface area contributed by atoms with E-state index in [0.29, 0.717) is 36.8 Å². The number of thiophene rings is 1. The van der Waals surface area contributed by atoms with Crippen LogP contribution in [0.1, 0.15) is 9.75 Å². The molecule has 0 bridgehead atoms. The van der Waals surface area contributed by atoms with E-state index in [1.807, 2.05) is 38.1 Å². The lowest BCUT2D eigenvalue weighted by molar-refractivity contribution is -0.129. The molecule has 1 aliphatic heterocycles. The van der Waals surface area contributed by atoms with Crippen molar-refractivity contribution in [3.05, 3.63) is 40.1 Å². The summed E-state index contributed by atoms with van der Waals surface area (Å²) >= 11 is 2.96. The van der Waals surface area contributed by atoms with Crippen molar-refractivity contribution in [2.75, 3.05) is 39.0 Å². The molecule has 2 heterocycles. The summed E-state index contributed by atoms with van der Waals surface area (Å²) < 4.78 is 32.4. The minimum absolute atomic E-state index is 0.0282. The summed E-state index contributed by atoms with van der Waals surface area (Å²) in [6.07, 6.45) is 0. The molecule has 1 fully saturated rings. The Morgan fingerprint density at radius 2 is 1.79 bits per heavy atom. The zero-order chi connectivity index (χ0) is 20.3. The first-order valence-electron chi connectivity index (χ1n) is 8.93. The number of carbonyl (C=O) groups is 1. The van der Waals surface area contributed by atoms with Crippen molar-refractivity contribution < 1.29 is 17.9 Å². The zero-order valence-corrected chi connectivity index (χ0v) is 18.6. The van der Waals surface area contributed by atoms with Crippen LogP contribution in [0.3, 0.4) is 0 Å². The minimum Gasteiger partial charge on any atom is -0.497 e. The van der Waals surface area contributed by atoms with E-state index >= 15 is 0 Å². The second kappa shape index (κ2) is 8.86. The van der Waals surface area contributed by atoms with Crippen molar-refractivity contribution in [3.63, 3.8) is 0 Å². The van der Waals surface area contributed by atoms with Gasteiger partial charge < -0.3 is 9.64 Å². The van der Waals surface area contributed by atoms with E-state index in [1.54, 1.807) is 18.1 Å². The second-order valence-electron chi connectivity index (χ2n) is 6.53. The van der Waals surface area contributed by atoms with Crippen LogP contribution in [0.2, 0.25) is 0 Å². The average molecular weight is 441 g/mol. The highest BCUT2D eigenvalue weighted by Crippen LogP contribution is 2.28. The highest BCUT2D eigenvalue weighted by molar-refractivity contribution is 8.00. The molecule has 1 aromatic heterocycles. The first-order valence-corrected chi connectivity index (χ1v) is 12.2. The van der Waals surface area contributed by atoms with Crippen LogP contribution in [0, 0.1) is 13.8 Å². The number of nitrogens with zero attached hydrogens (tertiary/aromatic N) is 2. The quantitative estimate of drug-likeness (QED) is 0.646. The van der Waals surface area contributed by atoms with Crippen molar-refractivity contribution in [1.29, 1.82) is 0 Å². The van der Waals surface area contributed by atoms with Gasteiger partial charge in [0.25, 0.3) is 0 Å². The lowest BCUT2D eigenvalue weighted by Crippen LogP contribution is -2.51. The Morgan fingerprint density at radius 1 is 1.14 bits per heavy atom. The predicted molar refractivity (Wildman–Crippen MR) is 113 cm³/mol.